The molecule has 0 unspecified atom stereocenters. The van der Waals surface area contributed by atoms with Crippen LogP contribution in [0.25, 0.3) is 11.3 Å². The fourth-order valence-electron chi connectivity index (χ4n) is 1.53. The fraction of sp³-hybridized carbons (Fsp3) is 0.364. The van der Waals surface area contributed by atoms with Gasteiger partial charge in [-0.3, -0.25) is 4.68 Å². The summed E-state index contributed by atoms with van der Waals surface area (Å²) in [6.07, 6.45) is 3.76. The number of rotatable bonds is 2. The average Bonchev–Trinajstić information content (AvgIpc) is 2.71. The van der Waals surface area contributed by atoms with Crippen LogP contribution in [-0.2, 0) is 6.54 Å². The Morgan fingerprint density at radius 3 is 2.69 bits per heavy atom. The summed E-state index contributed by atoms with van der Waals surface area (Å²) >= 11 is 6.03. The first-order valence-electron chi connectivity index (χ1n) is 5.15. The van der Waals surface area contributed by atoms with Crippen molar-refractivity contribution in [2.24, 2.45) is 0 Å². The highest BCUT2D eigenvalue weighted by molar-refractivity contribution is 6.30. The maximum absolute atomic E-state index is 6.03. The number of halogens is 1. The molecule has 2 rings (SSSR count). The van der Waals surface area contributed by atoms with Crippen LogP contribution in [0.3, 0.4) is 0 Å². The molecule has 0 atom stereocenters. The first-order valence-corrected chi connectivity index (χ1v) is 5.53. The predicted molar refractivity (Wildman–Crippen MR) is 63.4 cm³/mol. The summed E-state index contributed by atoms with van der Waals surface area (Å²) in [5.41, 5.74) is 2.73. The van der Waals surface area contributed by atoms with Crippen LogP contribution in [0.1, 0.15) is 18.3 Å². The van der Waals surface area contributed by atoms with E-state index in [0.29, 0.717) is 11.0 Å². The molecule has 0 saturated heterocycles. The molecule has 0 aliphatic heterocycles. The second-order valence-corrected chi connectivity index (χ2v) is 3.98. The van der Waals surface area contributed by atoms with E-state index in [-0.39, 0.29) is 0 Å². The van der Waals surface area contributed by atoms with Crippen LogP contribution >= 0.6 is 11.6 Å². The van der Waals surface area contributed by atoms with E-state index < -0.39 is 0 Å². The van der Waals surface area contributed by atoms with E-state index in [1.165, 1.54) is 0 Å². The second kappa shape index (κ2) is 4.22. The van der Waals surface area contributed by atoms with Gasteiger partial charge in [-0.15, -0.1) is 0 Å². The third kappa shape index (κ3) is 1.93. The first-order chi connectivity index (χ1) is 7.61. The van der Waals surface area contributed by atoms with Gasteiger partial charge in [-0.2, -0.15) is 5.10 Å². The van der Waals surface area contributed by atoms with E-state index in [4.69, 9.17) is 11.6 Å². The number of aryl methyl sites for hydroxylation is 2. The SMILES string of the molecule is CCn1cc(-c2nc(C)nc(Cl)c2C)cn1. The van der Waals surface area contributed by atoms with Crippen molar-refractivity contribution in [3.8, 4) is 11.3 Å². The molecule has 2 heterocycles. The van der Waals surface area contributed by atoms with Crippen LogP contribution in [0.5, 0.6) is 0 Å². The quantitative estimate of drug-likeness (QED) is 0.753. The lowest BCUT2D eigenvalue weighted by Crippen LogP contribution is -1.96. The van der Waals surface area contributed by atoms with Gasteiger partial charge in [0.25, 0.3) is 0 Å². The highest BCUT2D eigenvalue weighted by Crippen LogP contribution is 2.24. The minimum Gasteiger partial charge on any atom is -0.272 e. The molecule has 2 aromatic rings. The zero-order valence-corrected chi connectivity index (χ0v) is 10.3. The molecule has 0 spiro atoms. The molecule has 4 nitrogen and oxygen atoms in total. The van der Waals surface area contributed by atoms with E-state index in [9.17, 15) is 0 Å². The first kappa shape index (κ1) is 11.1. The summed E-state index contributed by atoms with van der Waals surface area (Å²) in [5, 5.41) is 4.73. The lowest BCUT2D eigenvalue weighted by molar-refractivity contribution is 0.660. The number of nitrogens with zero attached hydrogens (tertiary/aromatic N) is 4. The summed E-state index contributed by atoms with van der Waals surface area (Å²) in [6.45, 7) is 6.64. The van der Waals surface area contributed by atoms with Crippen LogP contribution in [0, 0.1) is 13.8 Å². The Hall–Kier alpha value is -1.42. The average molecular weight is 237 g/mol. The molecule has 0 aliphatic carbocycles. The zero-order valence-electron chi connectivity index (χ0n) is 9.53. The number of aromatic nitrogens is 4. The third-order valence-electron chi connectivity index (χ3n) is 2.43. The topological polar surface area (TPSA) is 43.6 Å². The van der Waals surface area contributed by atoms with Crippen LogP contribution in [0.4, 0.5) is 0 Å². The van der Waals surface area contributed by atoms with E-state index >= 15 is 0 Å². The van der Waals surface area contributed by atoms with Crippen molar-refractivity contribution in [3.05, 3.63) is 28.9 Å². The smallest absolute Gasteiger partial charge is 0.136 e. The van der Waals surface area contributed by atoms with E-state index in [2.05, 4.69) is 15.1 Å². The van der Waals surface area contributed by atoms with Gasteiger partial charge in [-0.1, -0.05) is 11.6 Å². The summed E-state index contributed by atoms with van der Waals surface area (Å²) in [7, 11) is 0. The Balaban J connectivity index is 2.54. The molecule has 0 amide bonds. The molecule has 0 aromatic carbocycles. The largest absolute Gasteiger partial charge is 0.272 e. The van der Waals surface area contributed by atoms with E-state index in [0.717, 1.165) is 23.4 Å². The lowest BCUT2D eigenvalue weighted by atomic mass is 10.1. The van der Waals surface area contributed by atoms with Gasteiger partial charge < -0.3 is 0 Å². The van der Waals surface area contributed by atoms with Gasteiger partial charge in [0.05, 0.1) is 11.9 Å². The Morgan fingerprint density at radius 2 is 2.06 bits per heavy atom. The summed E-state index contributed by atoms with van der Waals surface area (Å²) in [6, 6.07) is 0. The van der Waals surface area contributed by atoms with Gasteiger partial charge in [0.1, 0.15) is 11.0 Å². The normalized spacial score (nSPS) is 10.8. The van der Waals surface area contributed by atoms with Gasteiger partial charge in [0.2, 0.25) is 0 Å². The molecule has 16 heavy (non-hydrogen) atoms. The summed E-state index contributed by atoms with van der Waals surface area (Å²) < 4.78 is 1.86. The van der Waals surface area contributed by atoms with Crippen LogP contribution in [0.15, 0.2) is 12.4 Å². The van der Waals surface area contributed by atoms with Crippen LogP contribution < -0.4 is 0 Å². The Bertz CT molecular complexity index is 519. The number of hydrogen-bond donors (Lipinski definition) is 0. The van der Waals surface area contributed by atoms with Gasteiger partial charge in [0, 0.05) is 23.9 Å². The molecule has 0 N–H and O–H groups in total. The minimum absolute atomic E-state index is 0.506. The molecule has 2 aromatic heterocycles. The second-order valence-electron chi connectivity index (χ2n) is 3.62. The van der Waals surface area contributed by atoms with Crippen molar-refractivity contribution in [1.82, 2.24) is 19.7 Å². The molecule has 0 radical (unpaired) electrons. The molecule has 0 fully saturated rings. The zero-order chi connectivity index (χ0) is 11.7. The Kier molecular flexibility index (Phi) is 2.92. The van der Waals surface area contributed by atoms with Gasteiger partial charge in [-0.05, 0) is 20.8 Å². The van der Waals surface area contributed by atoms with Crippen molar-refractivity contribution in [3.63, 3.8) is 0 Å². The van der Waals surface area contributed by atoms with Crippen molar-refractivity contribution in [2.75, 3.05) is 0 Å². The van der Waals surface area contributed by atoms with Crippen LogP contribution in [-0.4, -0.2) is 19.7 Å². The minimum atomic E-state index is 0.506. The van der Waals surface area contributed by atoms with Crippen molar-refractivity contribution < 1.29 is 0 Å². The van der Waals surface area contributed by atoms with E-state index in [1.807, 2.05) is 31.6 Å². The maximum Gasteiger partial charge on any atom is 0.136 e. The Morgan fingerprint density at radius 1 is 1.31 bits per heavy atom. The monoisotopic (exact) mass is 236 g/mol. The van der Waals surface area contributed by atoms with Gasteiger partial charge >= 0.3 is 0 Å². The fourth-order valence-corrected chi connectivity index (χ4v) is 1.75. The highest BCUT2D eigenvalue weighted by atomic mass is 35.5. The number of hydrogen-bond acceptors (Lipinski definition) is 3. The van der Waals surface area contributed by atoms with Crippen molar-refractivity contribution >= 4 is 11.6 Å². The highest BCUT2D eigenvalue weighted by Gasteiger charge is 2.11. The molecule has 5 heteroatoms. The molecular formula is C11H13ClN4. The molecule has 0 saturated carbocycles. The van der Waals surface area contributed by atoms with Gasteiger partial charge in [0.15, 0.2) is 0 Å². The van der Waals surface area contributed by atoms with Crippen molar-refractivity contribution in [2.45, 2.75) is 27.3 Å². The van der Waals surface area contributed by atoms with Crippen LogP contribution in [0.2, 0.25) is 5.15 Å². The molecule has 84 valence electrons. The predicted octanol–water partition coefficient (Wildman–Crippen LogP) is 2.63. The summed E-state index contributed by atoms with van der Waals surface area (Å²) in [4.78, 5) is 8.52. The maximum atomic E-state index is 6.03. The summed E-state index contributed by atoms with van der Waals surface area (Å²) in [5.74, 6) is 0.676. The Labute approximate surface area is 99.3 Å². The standard InChI is InChI=1S/C11H13ClN4/c1-4-16-6-9(5-13-16)10-7(2)11(12)15-8(3)14-10/h5-6H,4H2,1-3H3. The van der Waals surface area contributed by atoms with Gasteiger partial charge in [-0.25, -0.2) is 9.97 Å². The van der Waals surface area contributed by atoms with Crippen molar-refractivity contribution in [1.29, 1.82) is 0 Å². The molecule has 0 bridgehead atoms. The molecular weight excluding hydrogens is 224 g/mol. The molecule has 0 aliphatic rings. The lowest BCUT2D eigenvalue weighted by Gasteiger charge is -2.04. The third-order valence-corrected chi connectivity index (χ3v) is 2.80. The van der Waals surface area contributed by atoms with E-state index in [1.54, 1.807) is 6.20 Å².